The Hall–Kier alpha value is -3.32. The lowest BCUT2D eigenvalue weighted by molar-refractivity contribution is 1.28. The first-order valence-electron chi connectivity index (χ1n) is 9.30. The fourth-order valence-corrected chi connectivity index (χ4v) is 2.93. The number of hydrogen-bond donors (Lipinski definition) is 0. The van der Waals surface area contributed by atoms with Crippen LogP contribution in [0, 0.1) is 0 Å². The fraction of sp³-hybridized carbons (Fsp3) is 0. The number of rotatable bonds is 4. The molecular formula is C24H19N. The van der Waals surface area contributed by atoms with Crippen LogP contribution in [-0.4, -0.2) is 0 Å². The Labute approximate surface area is 151 Å². The molecular weight excluding hydrogens is 302 g/mol. The van der Waals surface area contributed by atoms with Gasteiger partial charge in [0.25, 0.3) is 0 Å². The van der Waals surface area contributed by atoms with Crippen molar-refractivity contribution < 1.29 is 2.74 Å². The zero-order chi connectivity index (χ0) is 18.6. The molecule has 25 heavy (non-hydrogen) atoms. The fourth-order valence-electron chi connectivity index (χ4n) is 2.93. The molecule has 4 aromatic carbocycles. The maximum Gasteiger partial charge on any atom is 0.0623 e. The van der Waals surface area contributed by atoms with Crippen LogP contribution in [-0.2, 0) is 0 Å². The molecule has 0 radical (unpaired) electrons. The first-order chi connectivity index (χ1) is 13.2. The van der Waals surface area contributed by atoms with E-state index in [2.05, 4.69) is 41.3 Å². The lowest BCUT2D eigenvalue weighted by Gasteiger charge is -2.25. The number of anilines is 3. The highest BCUT2D eigenvalue weighted by molar-refractivity contribution is 5.78. The van der Waals surface area contributed by atoms with Crippen LogP contribution in [0.3, 0.4) is 0 Å². The molecule has 0 aromatic heterocycles. The van der Waals surface area contributed by atoms with Crippen molar-refractivity contribution in [3.05, 3.63) is 115 Å². The third kappa shape index (κ3) is 3.31. The molecule has 4 rings (SSSR count). The van der Waals surface area contributed by atoms with E-state index >= 15 is 0 Å². The van der Waals surface area contributed by atoms with E-state index in [4.69, 9.17) is 2.74 Å². The summed E-state index contributed by atoms with van der Waals surface area (Å²) in [5.41, 5.74) is 5.25. The third-order valence-electron chi connectivity index (χ3n) is 4.14. The summed E-state index contributed by atoms with van der Waals surface area (Å²) in [7, 11) is 0. The molecule has 0 aliphatic carbocycles. The van der Waals surface area contributed by atoms with Gasteiger partial charge in [-0.1, -0.05) is 78.8 Å². The van der Waals surface area contributed by atoms with Crippen LogP contribution in [0.2, 0.25) is 0 Å². The highest BCUT2D eigenvalue weighted by Gasteiger charge is 2.11. The molecule has 0 saturated carbocycles. The minimum atomic E-state index is 0.498. The number of benzene rings is 4. The maximum atomic E-state index is 7.81. The van der Waals surface area contributed by atoms with Crippen molar-refractivity contribution >= 4 is 17.1 Å². The van der Waals surface area contributed by atoms with E-state index in [-0.39, 0.29) is 0 Å². The van der Waals surface area contributed by atoms with Gasteiger partial charge in [-0.2, -0.15) is 0 Å². The van der Waals surface area contributed by atoms with Gasteiger partial charge in [0.1, 0.15) is 0 Å². The lowest BCUT2D eigenvalue weighted by Crippen LogP contribution is -2.09. The van der Waals surface area contributed by atoms with E-state index in [1.807, 2.05) is 48.5 Å². The predicted molar refractivity (Wildman–Crippen MR) is 107 cm³/mol. The summed E-state index contributed by atoms with van der Waals surface area (Å²) in [6.07, 6.45) is 0. The molecule has 0 aliphatic heterocycles. The summed E-state index contributed by atoms with van der Waals surface area (Å²) in [5.74, 6) is 0. The molecule has 0 heterocycles. The van der Waals surface area contributed by atoms with Crippen LogP contribution in [0.25, 0.3) is 11.1 Å². The van der Waals surface area contributed by atoms with Crippen LogP contribution in [0.15, 0.2) is 115 Å². The second-order valence-corrected chi connectivity index (χ2v) is 5.77. The largest absolute Gasteiger partial charge is 0.311 e. The standard InChI is InChI=1S/C24H19N/c1-4-10-20(11-5-1)21-16-18-24(19-17-21)25(22-12-6-2-7-13-22)23-14-8-3-9-15-23/h1-19H/i2T,4T. The summed E-state index contributed by atoms with van der Waals surface area (Å²) >= 11 is 0. The van der Waals surface area contributed by atoms with Crippen LogP contribution >= 0.6 is 0 Å². The minimum absolute atomic E-state index is 0.498. The van der Waals surface area contributed by atoms with Crippen LogP contribution in [0.1, 0.15) is 2.74 Å². The van der Waals surface area contributed by atoms with Crippen molar-refractivity contribution in [2.45, 2.75) is 0 Å². The molecule has 0 atom stereocenters. The van der Waals surface area contributed by atoms with Crippen LogP contribution in [0.4, 0.5) is 17.1 Å². The Bertz CT molecular complexity index is 1030. The minimum Gasteiger partial charge on any atom is -0.311 e. The average Bonchev–Trinajstić information content (AvgIpc) is 2.71. The average molecular weight is 325 g/mol. The van der Waals surface area contributed by atoms with Gasteiger partial charge in [0.15, 0.2) is 0 Å². The Morgan fingerprint density at radius 1 is 0.440 bits per heavy atom. The number of nitrogens with zero attached hydrogens (tertiary/aromatic N) is 1. The molecule has 1 nitrogen and oxygen atoms in total. The van der Waals surface area contributed by atoms with Gasteiger partial charge in [0.2, 0.25) is 0 Å². The zero-order valence-electron chi connectivity index (χ0n) is 15.8. The molecule has 0 unspecified atom stereocenters. The molecule has 0 amide bonds. The Kier molecular flexibility index (Phi) is 3.68. The quantitative estimate of drug-likeness (QED) is 0.398. The van der Waals surface area contributed by atoms with E-state index in [1.54, 1.807) is 18.2 Å². The SMILES string of the molecule is [3H]c1ccc(N(c2ccccc2)c2ccc(-c3cccc([3H])c3)cc2)cc1. The summed E-state index contributed by atoms with van der Waals surface area (Å²) < 4.78 is 15.6. The van der Waals surface area contributed by atoms with Gasteiger partial charge in [-0.25, -0.2) is 0 Å². The Balaban J connectivity index is 1.75. The van der Waals surface area contributed by atoms with Gasteiger partial charge in [-0.15, -0.1) is 0 Å². The van der Waals surface area contributed by atoms with E-state index in [0.717, 1.165) is 28.2 Å². The van der Waals surface area contributed by atoms with Crippen molar-refractivity contribution in [3.63, 3.8) is 0 Å². The van der Waals surface area contributed by atoms with Gasteiger partial charge in [-0.05, 0) is 47.5 Å². The van der Waals surface area contributed by atoms with Crippen molar-refractivity contribution in [2.24, 2.45) is 0 Å². The first kappa shape index (κ1) is 13.0. The second-order valence-electron chi connectivity index (χ2n) is 5.77. The third-order valence-corrected chi connectivity index (χ3v) is 4.14. The van der Waals surface area contributed by atoms with E-state index in [9.17, 15) is 0 Å². The van der Waals surface area contributed by atoms with Crippen LogP contribution in [0.5, 0.6) is 0 Å². The lowest BCUT2D eigenvalue weighted by atomic mass is 10.0. The van der Waals surface area contributed by atoms with E-state index in [0.29, 0.717) is 12.1 Å². The predicted octanol–water partition coefficient (Wildman–Crippen LogP) is 6.82. The topological polar surface area (TPSA) is 3.24 Å². The highest BCUT2D eigenvalue weighted by Crippen LogP contribution is 2.35. The van der Waals surface area contributed by atoms with E-state index < -0.39 is 0 Å². The first-order valence-corrected chi connectivity index (χ1v) is 8.30. The molecule has 4 aromatic rings. The van der Waals surface area contributed by atoms with Crippen molar-refractivity contribution in [1.82, 2.24) is 0 Å². The maximum absolute atomic E-state index is 7.81. The second kappa shape index (κ2) is 7.06. The van der Waals surface area contributed by atoms with E-state index in [1.165, 1.54) is 0 Å². The molecule has 0 fully saturated rings. The summed E-state index contributed by atoms with van der Waals surface area (Å²) in [6.45, 7) is 0. The van der Waals surface area contributed by atoms with Gasteiger partial charge in [-0.3, -0.25) is 0 Å². The van der Waals surface area contributed by atoms with Gasteiger partial charge in [0.05, 0.1) is 2.74 Å². The molecule has 1 heteroatoms. The molecule has 0 N–H and O–H groups in total. The van der Waals surface area contributed by atoms with Crippen molar-refractivity contribution in [1.29, 1.82) is 0 Å². The molecule has 0 saturated heterocycles. The summed E-state index contributed by atoms with van der Waals surface area (Å²) in [4.78, 5) is 2.17. The monoisotopic (exact) mass is 325 g/mol. The Morgan fingerprint density at radius 3 is 1.68 bits per heavy atom. The molecule has 0 spiro atoms. The Morgan fingerprint density at radius 2 is 1.00 bits per heavy atom. The van der Waals surface area contributed by atoms with Gasteiger partial charge >= 0.3 is 0 Å². The summed E-state index contributed by atoms with van der Waals surface area (Å²) in [5, 5.41) is 0. The summed E-state index contributed by atoms with van der Waals surface area (Å²) in [6, 6.07) is 34.7. The van der Waals surface area contributed by atoms with Gasteiger partial charge in [0, 0.05) is 17.1 Å². The van der Waals surface area contributed by atoms with Crippen molar-refractivity contribution in [3.8, 4) is 11.1 Å². The smallest absolute Gasteiger partial charge is 0.0623 e. The highest BCUT2D eigenvalue weighted by atomic mass is 15.1. The molecule has 120 valence electrons. The molecule has 0 aliphatic rings. The normalized spacial score (nSPS) is 11.5. The zero-order valence-corrected chi connectivity index (χ0v) is 13.8. The van der Waals surface area contributed by atoms with Crippen molar-refractivity contribution in [2.75, 3.05) is 4.90 Å². The number of hydrogen-bond acceptors (Lipinski definition) is 1. The molecule has 0 bridgehead atoms. The number of para-hydroxylation sites is 2. The van der Waals surface area contributed by atoms with Crippen LogP contribution < -0.4 is 4.90 Å². The van der Waals surface area contributed by atoms with Gasteiger partial charge < -0.3 is 4.90 Å².